The lowest BCUT2D eigenvalue weighted by molar-refractivity contribution is -0.146. The molecule has 2 heterocycles. The van der Waals surface area contributed by atoms with Gasteiger partial charge in [-0.3, -0.25) is 14.7 Å². The lowest BCUT2D eigenvalue weighted by Crippen LogP contribution is -2.55. The molecule has 0 radical (unpaired) electrons. The van der Waals surface area contributed by atoms with Crippen molar-refractivity contribution >= 4 is 16.0 Å². The molecule has 1 aromatic rings. The maximum absolute atomic E-state index is 12.6. The monoisotopic (exact) mass is 353 g/mol. The summed E-state index contributed by atoms with van der Waals surface area (Å²) in [5.41, 5.74) is 0. The van der Waals surface area contributed by atoms with Crippen LogP contribution in [-0.4, -0.2) is 65.9 Å². The average Bonchev–Trinajstić information content (AvgIpc) is 2.62. The number of hydrogen-bond acceptors (Lipinski definition) is 5. The van der Waals surface area contributed by atoms with Crippen molar-refractivity contribution in [3.8, 4) is 0 Å². The van der Waals surface area contributed by atoms with Crippen LogP contribution in [0.1, 0.15) is 25.7 Å². The van der Waals surface area contributed by atoms with Gasteiger partial charge in [-0.25, -0.2) is 8.42 Å². The molecule has 1 saturated heterocycles. The first-order valence-electron chi connectivity index (χ1n) is 8.37. The molecule has 1 saturated carbocycles. The predicted molar refractivity (Wildman–Crippen MR) is 88.0 cm³/mol. The Morgan fingerprint density at radius 2 is 1.88 bits per heavy atom. The van der Waals surface area contributed by atoms with Crippen LogP contribution in [0.2, 0.25) is 0 Å². The van der Waals surface area contributed by atoms with E-state index in [0.29, 0.717) is 32.6 Å². The number of aliphatic carboxylic acids is 1. The van der Waals surface area contributed by atoms with Gasteiger partial charge in [0.05, 0.1) is 5.92 Å². The topological polar surface area (TPSA) is 90.8 Å². The number of carboxylic acids is 1. The van der Waals surface area contributed by atoms with Crippen molar-refractivity contribution in [2.24, 2.45) is 5.92 Å². The van der Waals surface area contributed by atoms with Crippen molar-refractivity contribution in [2.45, 2.75) is 36.6 Å². The summed E-state index contributed by atoms with van der Waals surface area (Å²) >= 11 is 0. The summed E-state index contributed by atoms with van der Waals surface area (Å²) in [5.74, 6) is -1.06. The molecule has 2 fully saturated rings. The molecule has 2 atom stereocenters. The lowest BCUT2D eigenvalue weighted by atomic mass is 9.83. The molecule has 0 amide bonds. The highest BCUT2D eigenvalue weighted by molar-refractivity contribution is 7.89. The number of sulfonamides is 1. The summed E-state index contributed by atoms with van der Waals surface area (Å²) in [6, 6.07) is 3.19. The Kier molecular flexibility index (Phi) is 5.17. The molecule has 0 spiro atoms. The number of piperazine rings is 1. The fraction of sp³-hybridized carbons (Fsp3) is 0.625. The van der Waals surface area contributed by atoms with Gasteiger partial charge in [-0.1, -0.05) is 12.8 Å². The van der Waals surface area contributed by atoms with Crippen LogP contribution in [-0.2, 0) is 14.8 Å². The summed E-state index contributed by atoms with van der Waals surface area (Å²) in [5, 5.41) is 9.43. The van der Waals surface area contributed by atoms with Gasteiger partial charge in [0.2, 0.25) is 10.0 Å². The number of nitrogens with zero attached hydrogens (tertiary/aromatic N) is 3. The minimum atomic E-state index is -3.52. The molecular formula is C16H23N3O4S. The second kappa shape index (κ2) is 7.16. The zero-order valence-corrected chi connectivity index (χ0v) is 14.4. The lowest BCUT2D eigenvalue weighted by Gasteiger charge is -2.42. The standard InChI is InChI=1S/C16H23N3O4S/c20-16(21)14-5-1-2-6-15(14)18-8-10-19(11-9-18)24(22,23)13-4-3-7-17-12-13/h3-4,7,12,14-15H,1-2,5-6,8-11H2,(H,20,21). The molecule has 2 unspecified atom stereocenters. The Morgan fingerprint density at radius 1 is 1.17 bits per heavy atom. The van der Waals surface area contributed by atoms with Crippen molar-refractivity contribution < 1.29 is 18.3 Å². The van der Waals surface area contributed by atoms with Gasteiger partial charge in [-0.2, -0.15) is 4.31 Å². The highest BCUT2D eigenvalue weighted by Gasteiger charge is 2.37. The molecule has 2 aliphatic rings. The third-order valence-electron chi connectivity index (χ3n) is 5.06. The second-order valence-corrected chi connectivity index (χ2v) is 8.36. The van der Waals surface area contributed by atoms with Crippen molar-refractivity contribution in [1.82, 2.24) is 14.2 Å². The first kappa shape index (κ1) is 17.3. The third-order valence-corrected chi connectivity index (χ3v) is 6.94. The highest BCUT2D eigenvalue weighted by atomic mass is 32.2. The van der Waals surface area contributed by atoms with Crippen LogP contribution < -0.4 is 0 Å². The Bertz CT molecular complexity index is 672. The van der Waals surface area contributed by atoms with Crippen LogP contribution in [0.3, 0.4) is 0 Å². The van der Waals surface area contributed by atoms with Crippen molar-refractivity contribution in [1.29, 1.82) is 0 Å². The van der Waals surface area contributed by atoms with E-state index in [1.54, 1.807) is 18.3 Å². The molecular weight excluding hydrogens is 330 g/mol. The Labute approximate surface area is 142 Å². The molecule has 1 aliphatic carbocycles. The number of carboxylic acid groups (broad SMARTS) is 1. The molecule has 3 rings (SSSR count). The average molecular weight is 353 g/mol. The minimum Gasteiger partial charge on any atom is -0.481 e. The number of carbonyl (C=O) groups is 1. The summed E-state index contributed by atoms with van der Waals surface area (Å²) in [6.45, 7) is 1.93. The Morgan fingerprint density at radius 3 is 2.50 bits per heavy atom. The van der Waals surface area contributed by atoms with Gasteiger partial charge in [0.1, 0.15) is 4.90 Å². The van der Waals surface area contributed by atoms with Gasteiger partial charge in [-0.05, 0) is 25.0 Å². The number of pyridine rings is 1. The van der Waals surface area contributed by atoms with Crippen molar-refractivity contribution in [3.05, 3.63) is 24.5 Å². The van der Waals surface area contributed by atoms with Gasteiger partial charge in [0.15, 0.2) is 0 Å². The van der Waals surface area contributed by atoms with Crippen LogP contribution >= 0.6 is 0 Å². The van der Waals surface area contributed by atoms with Crippen LogP contribution in [0.5, 0.6) is 0 Å². The molecule has 24 heavy (non-hydrogen) atoms. The van der Waals surface area contributed by atoms with Crippen molar-refractivity contribution in [2.75, 3.05) is 26.2 Å². The van der Waals surface area contributed by atoms with Crippen LogP contribution in [0.4, 0.5) is 0 Å². The van der Waals surface area contributed by atoms with Gasteiger partial charge in [0, 0.05) is 44.6 Å². The van der Waals surface area contributed by atoms with Gasteiger partial charge in [0.25, 0.3) is 0 Å². The van der Waals surface area contributed by atoms with Crippen LogP contribution in [0, 0.1) is 5.92 Å². The zero-order chi connectivity index (χ0) is 17.2. The maximum atomic E-state index is 12.6. The van der Waals surface area contributed by atoms with Gasteiger partial charge < -0.3 is 5.11 Å². The molecule has 1 N–H and O–H groups in total. The molecule has 8 heteroatoms. The minimum absolute atomic E-state index is 0.0273. The third kappa shape index (κ3) is 3.45. The van der Waals surface area contributed by atoms with E-state index in [1.807, 2.05) is 0 Å². The SMILES string of the molecule is O=C(O)C1CCCCC1N1CCN(S(=O)(=O)c2cccnc2)CC1. The quantitative estimate of drug-likeness (QED) is 0.869. The molecule has 0 aromatic carbocycles. The predicted octanol–water partition coefficient (Wildman–Crippen LogP) is 1.03. The maximum Gasteiger partial charge on any atom is 0.308 e. The van der Waals surface area contributed by atoms with Gasteiger partial charge >= 0.3 is 5.97 Å². The number of hydrogen-bond donors (Lipinski definition) is 1. The number of aromatic nitrogens is 1. The van der Waals surface area contributed by atoms with Crippen LogP contribution in [0.15, 0.2) is 29.4 Å². The summed E-state index contributed by atoms with van der Waals surface area (Å²) < 4.78 is 26.7. The van der Waals surface area contributed by atoms with E-state index in [2.05, 4.69) is 9.88 Å². The van der Waals surface area contributed by atoms with Crippen LogP contribution in [0.25, 0.3) is 0 Å². The molecule has 1 aliphatic heterocycles. The summed E-state index contributed by atoms with van der Waals surface area (Å²) in [4.78, 5) is 17.7. The first-order valence-corrected chi connectivity index (χ1v) is 9.81. The van der Waals surface area contributed by atoms with E-state index in [0.717, 1.165) is 19.3 Å². The molecule has 7 nitrogen and oxygen atoms in total. The first-order chi connectivity index (χ1) is 11.5. The Balaban J connectivity index is 1.66. The summed E-state index contributed by atoms with van der Waals surface area (Å²) in [7, 11) is -3.52. The van der Waals surface area contributed by atoms with Crippen molar-refractivity contribution in [3.63, 3.8) is 0 Å². The van der Waals surface area contributed by atoms with Gasteiger partial charge in [-0.15, -0.1) is 0 Å². The Hall–Kier alpha value is -1.51. The van der Waals surface area contributed by atoms with E-state index in [9.17, 15) is 18.3 Å². The second-order valence-electron chi connectivity index (χ2n) is 6.43. The normalized spacial score (nSPS) is 27.0. The zero-order valence-electron chi connectivity index (χ0n) is 13.5. The van der Waals surface area contributed by atoms with E-state index < -0.39 is 16.0 Å². The largest absolute Gasteiger partial charge is 0.481 e. The molecule has 1 aromatic heterocycles. The van der Waals surface area contributed by atoms with E-state index in [1.165, 1.54) is 10.5 Å². The fourth-order valence-electron chi connectivity index (χ4n) is 3.76. The summed E-state index contributed by atoms with van der Waals surface area (Å²) in [6.07, 6.45) is 6.52. The fourth-order valence-corrected chi connectivity index (χ4v) is 5.15. The molecule has 132 valence electrons. The number of rotatable bonds is 4. The van der Waals surface area contributed by atoms with E-state index in [-0.39, 0.29) is 16.9 Å². The highest BCUT2D eigenvalue weighted by Crippen LogP contribution is 2.30. The molecule has 0 bridgehead atoms. The van der Waals surface area contributed by atoms with E-state index in [4.69, 9.17) is 0 Å². The van der Waals surface area contributed by atoms with E-state index >= 15 is 0 Å². The smallest absolute Gasteiger partial charge is 0.308 e.